The van der Waals surface area contributed by atoms with Crippen molar-refractivity contribution in [3.05, 3.63) is 80.7 Å². The zero-order chi connectivity index (χ0) is 21.5. The van der Waals surface area contributed by atoms with E-state index in [1.54, 1.807) is 4.90 Å². The number of nitrogens with zero attached hydrogens (tertiary/aromatic N) is 1. The van der Waals surface area contributed by atoms with Crippen LogP contribution in [-0.2, 0) is 11.2 Å². The molecule has 1 unspecified atom stereocenters. The summed E-state index contributed by atoms with van der Waals surface area (Å²) in [6.07, 6.45) is 6.29. The number of carbonyl (C=O) groups excluding carboxylic acids is 2. The van der Waals surface area contributed by atoms with Gasteiger partial charge in [0.1, 0.15) is 6.04 Å². The quantitative estimate of drug-likeness (QED) is 0.478. The molecule has 1 aliphatic rings. The van der Waals surface area contributed by atoms with E-state index in [-0.39, 0.29) is 17.9 Å². The van der Waals surface area contributed by atoms with E-state index < -0.39 is 6.04 Å². The summed E-state index contributed by atoms with van der Waals surface area (Å²) >= 11 is 2.96. The summed E-state index contributed by atoms with van der Waals surface area (Å²) in [5.41, 5.74) is 1.16. The molecule has 1 fully saturated rings. The Morgan fingerprint density at radius 2 is 1.68 bits per heavy atom. The van der Waals surface area contributed by atoms with Gasteiger partial charge in [0.05, 0.1) is 4.88 Å². The van der Waals surface area contributed by atoms with Crippen molar-refractivity contribution in [1.29, 1.82) is 0 Å². The predicted octanol–water partition coefficient (Wildman–Crippen LogP) is 5.68. The normalized spacial score (nSPS) is 15.4. The van der Waals surface area contributed by atoms with Gasteiger partial charge in [0.2, 0.25) is 5.91 Å². The molecule has 4 nitrogen and oxygen atoms in total. The molecule has 1 aliphatic carbocycles. The standard InChI is InChI=1S/C25H28N2O2S2/c28-24(26-20-11-5-2-6-12-20)23(21-13-7-17-30-21)27(25(29)22-14-8-18-31-22)16-15-19-9-3-1-4-10-19/h1,3-4,7-10,13-14,17-18,20,23H,2,5-6,11-12,15-16H2,(H,26,28). The van der Waals surface area contributed by atoms with Gasteiger partial charge in [-0.3, -0.25) is 9.59 Å². The molecule has 1 atom stereocenters. The molecule has 0 radical (unpaired) electrons. The molecule has 162 valence electrons. The SMILES string of the molecule is O=C(NC1CCCCC1)C(c1cccs1)N(CCc1ccccc1)C(=O)c1cccs1. The van der Waals surface area contributed by atoms with Crippen LogP contribution in [0.2, 0.25) is 0 Å². The fourth-order valence-corrected chi connectivity index (χ4v) is 5.70. The summed E-state index contributed by atoms with van der Waals surface area (Å²) in [5.74, 6) is -0.143. The molecule has 1 N–H and O–H groups in total. The van der Waals surface area contributed by atoms with Crippen molar-refractivity contribution in [3.63, 3.8) is 0 Å². The van der Waals surface area contributed by atoms with Crippen molar-refractivity contribution < 1.29 is 9.59 Å². The lowest BCUT2D eigenvalue weighted by Gasteiger charge is -2.32. The van der Waals surface area contributed by atoms with Crippen molar-refractivity contribution in [2.45, 2.75) is 50.6 Å². The Labute approximate surface area is 191 Å². The molecule has 6 heteroatoms. The minimum atomic E-state index is -0.611. The average molecular weight is 453 g/mol. The van der Waals surface area contributed by atoms with E-state index in [2.05, 4.69) is 17.4 Å². The number of thiophene rings is 2. The van der Waals surface area contributed by atoms with Crippen molar-refractivity contribution in [1.82, 2.24) is 10.2 Å². The van der Waals surface area contributed by atoms with E-state index in [1.165, 1.54) is 29.1 Å². The summed E-state index contributed by atoms with van der Waals surface area (Å²) in [4.78, 5) is 30.4. The number of rotatable bonds is 8. The summed E-state index contributed by atoms with van der Waals surface area (Å²) in [6.45, 7) is 0.488. The minimum absolute atomic E-state index is 0.0627. The van der Waals surface area contributed by atoms with Crippen LogP contribution in [0.1, 0.15) is 58.3 Å². The summed E-state index contributed by atoms with van der Waals surface area (Å²) < 4.78 is 0. The average Bonchev–Trinajstić information content (AvgIpc) is 3.52. The molecule has 1 aromatic carbocycles. The van der Waals surface area contributed by atoms with E-state index in [9.17, 15) is 9.59 Å². The molecule has 1 saturated carbocycles. The third-order valence-corrected chi connectivity index (χ3v) is 7.58. The van der Waals surface area contributed by atoms with Crippen LogP contribution in [0, 0.1) is 0 Å². The zero-order valence-electron chi connectivity index (χ0n) is 17.5. The van der Waals surface area contributed by atoms with Gasteiger partial charge >= 0.3 is 0 Å². The first-order chi connectivity index (χ1) is 15.2. The first kappa shape index (κ1) is 21.8. The number of hydrogen-bond donors (Lipinski definition) is 1. The van der Waals surface area contributed by atoms with Crippen LogP contribution in [0.3, 0.4) is 0 Å². The molecule has 2 heterocycles. The summed E-state index contributed by atoms with van der Waals surface area (Å²) in [7, 11) is 0. The number of amides is 2. The Kier molecular flexibility index (Phi) is 7.54. The number of nitrogens with one attached hydrogen (secondary N) is 1. The number of carbonyl (C=O) groups is 2. The van der Waals surface area contributed by atoms with Crippen LogP contribution in [0.25, 0.3) is 0 Å². The largest absolute Gasteiger partial charge is 0.351 e. The van der Waals surface area contributed by atoms with Crippen LogP contribution in [-0.4, -0.2) is 29.3 Å². The van der Waals surface area contributed by atoms with E-state index in [1.807, 2.05) is 53.2 Å². The Bertz CT molecular complexity index is 949. The van der Waals surface area contributed by atoms with E-state index >= 15 is 0 Å². The van der Waals surface area contributed by atoms with E-state index in [4.69, 9.17) is 0 Å². The lowest BCUT2D eigenvalue weighted by atomic mass is 9.95. The van der Waals surface area contributed by atoms with Gasteiger partial charge in [0.15, 0.2) is 0 Å². The van der Waals surface area contributed by atoms with Crippen molar-refractivity contribution >= 4 is 34.5 Å². The molecule has 0 aliphatic heterocycles. The highest BCUT2D eigenvalue weighted by atomic mass is 32.1. The van der Waals surface area contributed by atoms with E-state index in [0.29, 0.717) is 17.8 Å². The number of benzene rings is 1. The van der Waals surface area contributed by atoms with Crippen LogP contribution in [0.4, 0.5) is 0 Å². The van der Waals surface area contributed by atoms with Gasteiger partial charge in [-0.05, 0) is 47.7 Å². The third kappa shape index (κ3) is 5.63. The van der Waals surface area contributed by atoms with Gasteiger partial charge in [-0.2, -0.15) is 0 Å². The predicted molar refractivity (Wildman–Crippen MR) is 128 cm³/mol. The molecule has 2 amide bonds. The van der Waals surface area contributed by atoms with Gasteiger partial charge in [0, 0.05) is 17.5 Å². The lowest BCUT2D eigenvalue weighted by Crippen LogP contribution is -2.47. The molecule has 0 spiro atoms. The molecular weight excluding hydrogens is 424 g/mol. The smallest absolute Gasteiger partial charge is 0.264 e. The highest BCUT2D eigenvalue weighted by Crippen LogP contribution is 2.29. The minimum Gasteiger partial charge on any atom is -0.351 e. The fourth-order valence-electron chi connectivity index (χ4n) is 4.18. The first-order valence-electron chi connectivity index (χ1n) is 10.9. The maximum atomic E-state index is 13.5. The van der Waals surface area contributed by atoms with Crippen LogP contribution < -0.4 is 5.32 Å². The van der Waals surface area contributed by atoms with Gasteiger partial charge in [-0.1, -0.05) is 61.7 Å². The summed E-state index contributed by atoms with van der Waals surface area (Å²) in [5, 5.41) is 7.14. The third-order valence-electron chi connectivity index (χ3n) is 5.80. The molecule has 2 aromatic heterocycles. The van der Waals surface area contributed by atoms with Gasteiger partial charge in [0.25, 0.3) is 5.91 Å². The highest BCUT2D eigenvalue weighted by molar-refractivity contribution is 7.12. The lowest BCUT2D eigenvalue weighted by molar-refractivity contribution is -0.126. The van der Waals surface area contributed by atoms with Gasteiger partial charge in [-0.25, -0.2) is 0 Å². The first-order valence-corrected chi connectivity index (χ1v) is 12.7. The fraction of sp³-hybridized carbons (Fsp3) is 0.360. The Morgan fingerprint density at radius 3 is 2.35 bits per heavy atom. The molecule has 3 aromatic rings. The molecular formula is C25H28N2O2S2. The molecule has 4 rings (SSSR count). The molecule has 31 heavy (non-hydrogen) atoms. The van der Waals surface area contributed by atoms with Crippen LogP contribution in [0.5, 0.6) is 0 Å². The Morgan fingerprint density at radius 1 is 0.935 bits per heavy atom. The maximum absolute atomic E-state index is 13.5. The second kappa shape index (κ2) is 10.7. The Hall–Kier alpha value is -2.44. The highest BCUT2D eigenvalue weighted by Gasteiger charge is 2.34. The molecule has 0 bridgehead atoms. The van der Waals surface area contributed by atoms with Gasteiger partial charge in [-0.15, -0.1) is 22.7 Å². The van der Waals surface area contributed by atoms with E-state index in [0.717, 1.165) is 36.1 Å². The zero-order valence-corrected chi connectivity index (χ0v) is 19.2. The Balaban J connectivity index is 1.61. The van der Waals surface area contributed by atoms with Crippen molar-refractivity contribution in [2.24, 2.45) is 0 Å². The second-order valence-electron chi connectivity index (χ2n) is 7.97. The monoisotopic (exact) mass is 452 g/mol. The second-order valence-corrected chi connectivity index (χ2v) is 9.90. The van der Waals surface area contributed by atoms with Crippen LogP contribution >= 0.6 is 22.7 Å². The number of hydrogen-bond acceptors (Lipinski definition) is 4. The maximum Gasteiger partial charge on any atom is 0.264 e. The molecule has 0 saturated heterocycles. The topological polar surface area (TPSA) is 49.4 Å². The van der Waals surface area contributed by atoms with Crippen LogP contribution in [0.15, 0.2) is 65.4 Å². The van der Waals surface area contributed by atoms with Crippen molar-refractivity contribution in [2.75, 3.05) is 6.54 Å². The van der Waals surface area contributed by atoms with Crippen molar-refractivity contribution in [3.8, 4) is 0 Å². The van der Waals surface area contributed by atoms with Gasteiger partial charge < -0.3 is 10.2 Å². The summed E-state index contributed by atoms with van der Waals surface area (Å²) in [6, 6.07) is 17.4.